The van der Waals surface area contributed by atoms with E-state index in [0.29, 0.717) is 12.1 Å². The van der Waals surface area contributed by atoms with Gasteiger partial charge in [-0.3, -0.25) is 0 Å². The standard InChI is InChI=1S/C17H28N2/c1-13-12-14(18-5)10-11-19(13)16-9-7-6-8-15(16)17(2,3)4/h6-9,13-14,18H,10-12H2,1-5H3. The topological polar surface area (TPSA) is 15.3 Å². The van der Waals surface area contributed by atoms with Crippen LogP contribution in [0.3, 0.4) is 0 Å². The maximum absolute atomic E-state index is 3.42. The molecule has 2 nitrogen and oxygen atoms in total. The minimum absolute atomic E-state index is 0.205. The fourth-order valence-electron chi connectivity index (χ4n) is 3.15. The van der Waals surface area contributed by atoms with Crippen molar-refractivity contribution in [1.82, 2.24) is 5.32 Å². The van der Waals surface area contributed by atoms with Crippen LogP contribution in [0.15, 0.2) is 24.3 Å². The second-order valence-corrected chi connectivity index (χ2v) is 6.82. The Morgan fingerprint density at radius 2 is 1.89 bits per heavy atom. The zero-order valence-electron chi connectivity index (χ0n) is 13.0. The van der Waals surface area contributed by atoms with Crippen LogP contribution in [0.25, 0.3) is 0 Å². The van der Waals surface area contributed by atoms with E-state index >= 15 is 0 Å². The van der Waals surface area contributed by atoms with Crippen molar-refractivity contribution in [2.24, 2.45) is 0 Å². The van der Waals surface area contributed by atoms with E-state index in [1.165, 1.54) is 24.1 Å². The van der Waals surface area contributed by atoms with Crippen LogP contribution in [0.4, 0.5) is 5.69 Å². The molecule has 106 valence electrons. The molecule has 2 rings (SSSR count). The summed E-state index contributed by atoms with van der Waals surface area (Å²) in [5.74, 6) is 0. The molecule has 19 heavy (non-hydrogen) atoms. The molecule has 1 heterocycles. The Hall–Kier alpha value is -1.02. The van der Waals surface area contributed by atoms with Crippen molar-refractivity contribution >= 4 is 5.69 Å². The molecule has 0 radical (unpaired) electrons. The lowest BCUT2D eigenvalue weighted by Gasteiger charge is -2.41. The first-order valence-electron chi connectivity index (χ1n) is 7.47. The van der Waals surface area contributed by atoms with Crippen LogP contribution in [0.2, 0.25) is 0 Å². The molecule has 1 aromatic carbocycles. The van der Waals surface area contributed by atoms with Crippen molar-refractivity contribution in [3.8, 4) is 0 Å². The van der Waals surface area contributed by atoms with Gasteiger partial charge in [-0.15, -0.1) is 0 Å². The summed E-state index contributed by atoms with van der Waals surface area (Å²) in [6, 6.07) is 10.2. The number of hydrogen-bond acceptors (Lipinski definition) is 2. The van der Waals surface area contributed by atoms with Gasteiger partial charge >= 0.3 is 0 Å². The van der Waals surface area contributed by atoms with E-state index in [2.05, 4.69) is 69.2 Å². The lowest BCUT2D eigenvalue weighted by Crippen LogP contribution is -2.47. The quantitative estimate of drug-likeness (QED) is 0.874. The van der Waals surface area contributed by atoms with E-state index in [1.54, 1.807) is 0 Å². The Labute approximate surface area is 118 Å². The maximum Gasteiger partial charge on any atom is 0.0406 e. The predicted octanol–water partition coefficient (Wildman–Crippen LogP) is 3.56. The van der Waals surface area contributed by atoms with Crippen molar-refractivity contribution in [3.63, 3.8) is 0 Å². The van der Waals surface area contributed by atoms with Gasteiger partial charge in [0, 0.05) is 24.3 Å². The zero-order chi connectivity index (χ0) is 14.0. The molecule has 1 aliphatic rings. The lowest BCUT2D eigenvalue weighted by molar-refractivity contribution is 0.385. The number of rotatable bonds is 2. The van der Waals surface area contributed by atoms with Gasteiger partial charge in [0.1, 0.15) is 0 Å². The van der Waals surface area contributed by atoms with E-state index in [0.717, 1.165) is 6.54 Å². The molecule has 1 aliphatic heterocycles. The fraction of sp³-hybridized carbons (Fsp3) is 0.647. The summed E-state index contributed by atoms with van der Waals surface area (Å²) in [6.07, 6.45) is 2.47. The molecule has 1 saturated heterocycles. The van der Waals surface area contributed by atoms with E-state index < -0.39 is 0 Å². The number of nitrogens with one attached hydrogen (secondary N) is 1. The van der Waals surface area contributed by atoms with Gasteiger partial charge < -0.3 is 10.2 Å². The highest BCUT2D eigenvalue weighted by Crippen LogP contribution is 2.34. The summed E-state index contributed by atoms with van der Waals surface area (Å²) in [7, 11) is 2.08. The van der Waals surface area contributed by atoms with Crippen LogP contribution in [0.1, 0.15) is 46.1 Å². The summed E-state index contributed by atoms with van der Waals surface area (Å²) < 4.78 is 0. The van der Waals surface area contributed by atoms with Gasteiger partial charge in [-0.2, -0.15) is 0 Å². The molecule has 0 bridgehead atoms. The Kier molecular flexibility index (Phi) is 4.19. The fourth-order valence-corrected chi connectivity index (χ4v) is 3.15. The number of para-hydroxylation sites is 1. The third-order valence-electron chi connectivity index (χ3n) is 4.31. The van der Waals surface area contributed by atoms with Crippen LogP contribution in [-0.4, -0.2) is 25.7 Å². The third-order valence-corrected chi connectivity index (χ3v) is 4.31. The average Bonchev–Trinajstić information content (AvgIpc) is 2.37. The van der Waals surface area contributed by atoms with Crippen molar-refractivity contribution < 1.29 is 0 Å². The molecule has 2 atom stereocenters. The Morgan fingerprint density at radius 1 is 1.21 bits per heavy atom. The second kappa shape index (κ2) is 5.54. The Balaban J connectivity index is 2.28. The Morgan fingerprint density at radius 3 is 2.47 bits per heavy atom. The van der Waals surface area contributed by atoms with Crippen molar-refractivity contribution in [1.29, 1.82) is 0 Å². The predicted molar refractivity (Wildman–Crippen MR) is 84.0 cm³/mol. The molecule has 1 aromatic rings. The van der Waals surface area contributed by atoms with E-state index in [1.807, 2.05) is 0 Å². The smallest absolute Gasteiger partial charge is 0.0406 e. The highest BCUT2D eigenvalue weighted by atomic mass is 15.2. The number of piperidine rings is 1. The van der Waals surface area contributed by atoms with E-state index in [9.17, 15) is 0 Å². The van der Waals surface area contributed by atoms with Gasteiger partial charge in [0.25, 0.3) is 0 Å². The molecule has 0 aliphatic carbocycles. The first-order chi connectivity index (χ1) is 8.93. The first kappa shape index (κ1) is 14.4. The number of anilines is 1. The average molecular weight is 260 g/mol. The van der Waals surface area contributed by atoms with Gasteiger partial charge in [0.05, 0.1) is 0 Å². The summed E-state index contributed by atoms with van der Waals surface area (Å²) >= 11 is 0. The van der Waals surface area contributed by atoms with Gasteiger partial charge in [-0.1, -0.05) is 39.0 Å². The molecule has 0 spiro atoms. The lowest BCUT2D eigenvalue weighted by atomic mass is 9.84. The van der Waals surface area contributed by atoms with Crippen LogP contribution >= 0.6 is 0 Å². The highest BCUT2D eigenvalue weighted by Gasteiger charge is 2.28. The minimum atomic E-state index is 0.205. The summed E-state index contributed by atoms with van der Waals surface area (Å²) in [5, 5.41) is 3.42. The summed E-state index contributed by atoms with van der Waals surface area (Å²) in [5.41, 5.74) is 3.10. The van der Waals surface area contributed by atoms with Crippen molar-refractivity contribution in [2.45, 2.75) is 58.0 Å². The molecular formula is C17H28N2. The monoisotopic (exact) mass is 260 g/mol. The molecule has 0 saturated carbocycles. The molecule has 0 amide bonds. The van der Waals surface area contributed by atoms with Crippen LogP contribution in [0, 0.1) is 0 Å². The van der Waals surface area contributed by atoms with Gasteiger partial charge in [0.15, 0.2) is 0 Å². The van der Waals surface area contributed by atoms with Crippen LogP contribution in [0.5, 0.6) is 0 Å². The summed E-state index contributed by atoms with van der Waals surface area (Å²) in [6.45, 7) is 10.4. The third kappa shape index (κ3) is 3.11. The number of nitrogens with zero attached hydrogens (tertiary/aromatic N) is 1. The minimum Gasteiger partial charge on any atom is -0.368 e. The van der Waals surface area contributed by atoms with Crippen molar-refractivity contribution in [3.05, 3.63) is 29.8 Å². The molecule has 0 aromatic heterocycles. The zero-order valence-corrected chi connectivity index (χ0v) is 13.0. The van der Waals surface area contributed by atoms with E-state index in [4.69, 9.17) is 0 Å². The molecule has 2 unspecified atom stereocenters. The Bertz CT molecular complexity index is 420. The van der Waals surface area contributed by atoms with E-state index in [-0.39, 0.29) is 5.41 Å². The number of hydrogen-bond donors (Lipinski definition) is 1. The van der Waals surface area contributed by atoms with Crippen LogP contribution in [-0.2, 0) is 5.41 Å². The SMILES string of the molecule is CNC1CCN(c2ccccc2C(C)(C)C)C(C)C1. The van der Waals surface area contributed by atoms with Crippen molar-refractivity contribution in [2.75, 3.05) is 18.5 Å². The normalized spacial score (nSPS) is 24.6. The molecule has 2 heteroatoms. The largest absolute Gasteiger partial charge is 0.368 e. The molecule has 1 N–H and O–H groups in total. The maximum atomic E-state index is 3.42. The first-order valence-corrected chi connectivity index (χ1v) is 7.47. The second-order valence-electron chi connectivity index (χ2n) is 6.82. The molecular weight excluding hydrogens is 232 g/mol. The number of benzene rings is 1. The van der Waals surface area contributed by atoms with Gasteiger partial charge in [-0.05, 0) is 43.9 Å². The summed E-state index contributed by atoms with van der Waals surface area (Å²) in [4.78, 5) is 2.59. The van der Waals surface area contributed by atoms with Gasteiger partial charge in [-0.25, -0.2) is 0 Å². The van der Waals surface area contributed by atoms with Gasteiger partial charge in [0.2, 0.25) is 0 Å². The highest BCUT2D eigenvalue weighted by molar-refractivity contribution is 5.57. The molecule has 1 fully saturated rings. The van der Waals surface area contributed by atoms with Crippen LogP contribution < -0.4 is 10.2 Å².